The Kier molecular flexibility index (Phi) is 6.20. The lowest BCUT2D eigenvalue weighted by atomic mass is 9.94. The van der Waals surface area contributed by atoms with E-state index in [-0.39, 0.29) is 11.6 Å². The van der Waals surface area contributed by atoms with Gasteiger partial charge in [-0.1, -0.05) is 35.5 Å². The minimum absolute atomic E-state index is 0.0865. The highest BCUT2D eigenvalue weighted by Crippen LogP contribution is 2.33. The fourth-order valence-corrected chi connectivity index (χ4v) is 4.12. The number of carbonyl (C=O) groups is 1. The molecule has 0 radical (unpaired) electrons. The molecule has 0 spiro atoms. The third kappa shape index (κ3) is 4.86. The van der Waals surface area contributed by atoms with E-state index in [1.54, 1.807) is 24.3 Å². The van der Waals surface area contributed by atoms with Crippen LogP contribution in [0.15, 0.2) is 69.2 Å². The lowest BCUT2D eigenvalue weighted by molar-refractivity contribution is -0.113. The Balaban J connectivity index is 1.52. The number of amidine groups is 1. The second kappa shape index (κ2) is 9.03. The molecule has 0 saturated heterocycles. The number of carbonyl (C=O) groups excluding carboxylic acids is 1. The van der Waals surface area contributed by atoms with Crippen LogP contribution in [0.25, 0.3) is 11.5 Å². The first-order valence-electron chi connectivity index (χ1n) is 9.44. The van der Waals surface area contributed by atoms with Crippen LogP contribution in [0.5, 0.6) is 0 Å². The number of benzene rings is 2. The van der Waals surface area contributed by atoms with Crippen LogP contribution in [0.4, 0.5) is 4.39 Å². The van der Waals surface area contributed by atoms with E-state index in [1.165, 1.54) is 30.8 Å². The van der Waals surface area contributed by atoms with E-state index in [9.17, 15) is 9.18 Å². The van der Waals surface area contributed by atoms with E-state index < -0.39 is 6.04 Å². The fourth-order valence-electron chi connectivity index (χ4n) is 3.21. The van der Waals surface area contributed by atoms with Crippen molar-refractivity contribution in [3.8, 4) is 11.5 Å². The highest BCUT2D eigenvalue weighted by atomic mass is 35.5. The molecule has 31 heavy (non-hydrogen) atoms. The van der Waals surface area contributed by atoms with Crippen molar-refractivity contribution in [2.45, 2.75) is 25.6 Å². The molecule has 0 bridgehead atoms. The molecule has 2 heterocycles. The Morgan fingerprint density at radius 2 is 1.87 bits per heavy atom. The first kappa shape index (κ1) is 21.3. The maximum absolute atomic E-state index is 13.4. The van der Waals surface area contributed by atoms with E-state index in [2.05, 4.69) is 20.5 Å². The van der Waals surface area contributed by atoms with Crippen molar-refractivity contribution in [1.29, 1.82) is 0 Å². The number of thioether (sulfide) groups is 1. The van der Waals surface area contributed by atoms with Crippen LogP contribution < -0.4 is 5.32 Å². The van der Waals surface area contributed by atoms with Crippen LogP contribution in [-0.2, 0) is 10.5 Å². The average Bonchev–Trinajstić information content (AvgIpc) is 3.21. The number of ketones is 1. The predicted octanol–water partition coefficient (Wildman–Crippen LogP) is 5.33. The molecule has 9 heteroatoms. The summed E-state index contributed by atoms with van der Waals surface area (Å²) in [6, 6.07) is 12.6. The third-order valence-electron chi connectivity index (χ3n) is 4.67. The van der Waals surface area contributed by atoms with E-state index in [1.807, 2.05) is 19.1 Å². The zero-order valence-electron chi connectivity index (χ0n) is 16.7. The summed E-state index contributed by atoms with van der Waals surface area (Å²) in [5.74, 6) is 0.818. The lowest BCUT2D eigenvalue weighted by Gasteiger charge is -2.25. The van der Waals surface area contributed by atoms with Crippen LogP contribution in [0.1, 0.15) is 31.3 Å². The van der Waals surface area contributed by atoms with Crippen molar-refractivity contribution < 1.29 is 13.6 Å². The molecule has 1 atom stereocenters. The van der Waals surface area contributed by atoms with Crippen LogP contribution in [0, 0.1) is 5.82 Å². The van der Waals surface area contributed by atoms with Gasteiger partial charge in [0.1, 0.15) is 11.9 Å². The number of nitrogens with one attached hydrogen (secondary N) is 1. The topological polar surface area (TPSA) is 80.4 Å². The summed E-state index contributed by atoms with van der Waals surface area (Å²) < 4.78 is 19.1. The number of halogens is 2. The maximum Gasteiger partial charge on any atom is 0.247 e. The minimum atomic E-state index is -0.505. The number of aliphatic imine (C=N–C) groups is 1. The van der Waals surface area contributed by atoms with Crippen LogP contribution in [0.2, 0.25) is 5.02 Å². The SMILES string of the molecule is CC(=O)C1=C(C)NC(SCc2nnc(-c3ccc(Cl)cc3)o2)=NC1c1ccc(F)cc1. The Morgan fingerprint density at radius 1 is 1.16 bits per heavy atom. The molecule has 0 fully saturated rings. The number of hydrogen-bond acceptors (Lipinski definition) is 7. The van der Waals surface area contributed by atoms with Gasteiger partial charge < -0.3 is 9.73 Å². The standard InChI is InChI=1S/C22H18ClFN4O2S/c1-12-19(13(2)29)20(14-5-9-17(24)10-6-14)26-22(25-12)31-11-18-27-28-21(30-18)15-3-7-16(23)8-4-15/h3-10,20H,11H2,1-2H3,(H,25,26). The number of Topliss-reactive ketones (excluding diaryl/α,β-unsaturated/α-hetero) is 1. The minimum Gasteiger partial charge on any atom is -0.420 e. The van der Waals surface area contributed by atoms with Crippen LogP contribution in [-0.4, -0.2) is 21.1 Å². The second-order valence-corrected chi connectivity index (χ2v) is 8.31. The average molecular weight is 457 g/mol. The molecule has 0 saturated carbocycles. The molecule has 0 amide bonds. The summed E-state index contributed by atoms with van der Waals surface area (Å²) in [5, 5.41) is 12.6. The van der Waals surface area contributed by atoms with E-state index in [0.717, 1.165) is 11.1 Å². The van der Waals surface area contributed by atoms with Gasteiger partial charge >= 0.3 is 0 Å². The molecule has 6 nitrogen and oxygen atoms in total. The molecule has 2 aromatic carbocycles. The molecule has 158 valence electrons. The van der Waals surface area contributed by atoms with Crippen LogP contribution in [0.3, 0.4) is 0 Å². The monoisotopic (exact) mass is 456 g/mol. The molecular weight excluding hydrogens is 439 g/mol. The summed E-state index contributed by atoms with van der Waals surface area (Å²) in [5.41, 5.74) is 2.79. The summed E-state index contributed by atoms with van der Waals surface area (Å²) in [6.45, 7) is 3.33. The Morgan fingerprint density at radius 3 is 2.55 bits per heavy atom. The van der Waals surface area contributed by atoms with Gasteiger partial charge in [0.05, 0.1) is 5.75 Å². The molecule has 1 aliphatic rings. The van der Waals surface area contributed by atoms with Crippen molar-refractivity contribution in [1.82, 2.24) is 15.5 Å². The van der Waals surface area contributed by atoms with E-state index in [0.29, 0.717) is 39.0 Å². The predicted molar refractivity (Wildman–Crippen MR) is 119 cm³/mol. The lowest BCUT2D eigenvalue weighted by Crippen LogP contribution is -2.29. The quantitative estimate of drug-likeness (QED) is 0.559. The Bertz CT molecular complexity index is 1170. The zero-order valence-corrected chi connectivity index (χ0v) is 18.3. The first-order chi connectivity index (χ1) is 14.9. The smallest absolute Gasteiger partial charge is 0.247 e. The number of hydrogen-bond donors (Lipinski definition) is 1. The van der Waals surface area contributed by atoms with E-state index >= 15 is 0 Å². The van der Waals surface area contributed by atoms with Crippen molar-refractivity contribution in [2.24, 2.45) is 4.99 Å². The first-order valence-corrected chi connectivity index (χ1v) is 10.8. The van der Waals surface area contributed by atoms with Gasteiger partial charge in [-0.05, 0) is 55.8 Å². The van der Waals surface area contributed by atoms with Crippen LogP contribution >= 0.6 is 23.4 Å². The molecule has 4 rings (SSSR count). The van der Waals surface area contributed by atoms with Gasteiger partial charge in [-0.25, -0.2) is 9.38 Å². The third-order valence-corrected chi connectivity index (χ3v) is 5.80. The van der Waals surface area contributed by atoms with Crippen molar-refractivity contribution in [2.75, 3.05) is 0 Å². The normalized spacial score (nSPS) is 16.1. The largest absolute Gasteiger partial charge is 0.420 e. The zero-order chi connectivity index (χ0) is 22.0. The number of aromatic nitrogens is 2. The Hall–Kier alpha value is -2.97. The summed E-state index contributed by atoms with van der Waals surface area (Å²) >= 11 is 7.29. The highest BCUT2D eigenvalue weighted by molar-refractivity contribution is 8.13. The van der Waals surface area contributed by atoms with Gasteiger partial charge in [0.15, 0.2) is 11.0 Å². The molecule has 0 aliphatic carbocycles. The summed E-state index contributed by atoms with van der Waals surface area (Å²) in [7, 11) is 0. The number of allylic oxidation sites excluding steroid dienone is 1. The molecule has 1 N–H and O–H groups in total. The number of rotatable bonds is 5. The maximum atomic E-state index is 13.4. The molecule has 1 unspecified atom stereocenters. The van der Waals surface area contributed by atoms with Gasteiger partial charge in [-0.3, -0.25) is 4.79 Å². The molecule has 3 aromatic rings. The van der Waals surface area contributed by atoms with Crippen molar-refractivity contribution >= 4 is 34.3 Å². The van der Waals surface area contributed by atoms with Gasteiger partial charge in [-0.2, -0.15) is 0 Å². The van der Waals surface area contributed by atoms with Gasteiger partial charge in [0.25, 0.3) is 0 Å². The number of nitrogens with zero attached hydrogens (tertiary/aromatic N) is 3. The fraction of sp³-hybridized carbons (Fsp3) is 0.182. The van der Waals surface area contributed by atoms with Crippen molar-refractivity contribution in [3.63, 3.8) is 0 Å². The summed E-state index contributed by atoms with van der Waals surface area (Å²) in [6.07, 6.45) is 0. The molecule has 1 aromatic heterocycles. The van der Waals surface area contributed by atoms with Gasteiger partial charge in [-0.15, -0.1) is 10.2 Å². The molecule has 1 aliphatic heterocycles. The summed E-state index contributed by atoms with van der Waals surface area (Å²) in [4.78, 5) is 16.9. The van der Waals surface area contributed by atoms with Gasteiger partial charge in [0.2, 0.25) is 11.8 Å². The van der Waals surface area contributed by atoms with Gasteiger partial charge in [0, 0.05) is 21.9 Å². The Labute approximate surface area is 187 Å². The second-order valence-electron chi connectivity index (χ2n) is 6.90. The molecular formula is C22H18ClFN4O2S. The highest BCUT2D eigenvalue weighted by Gasteiger charge is 2.27. The van der Waals surface area contributed by atoms with E-state index in [4.69, 9.17) is 16.0 Å². The van der Waals surface area contributed by atoms with Crippen molar-refractivity contribution in [3.05, 3.63) is 82.1 Å².